The molecule has 4 nitrogen and oxygen atoms in total. The number of nitrogens with zero attached hydrogens (tertiary/aromatic N) is 3. The van der Waals surface area contributed by atoms with Crippen LogP contribution in [-0.4, -0.2) is 14.4 Å². The first kappa shape index (κ1) is 8.91. The predicted octanol–water partition coefficient (Wildman–Crippen LogP) is 1.98. The molecule has 0 aliphatic rings. The zero-order chi connectivity index (χ0) is 11.0. The number of rotatable bonds is 1. The van der Waals surface area contributed by atoms with E-state index in [1.807, 2.05) is 47.1 Å². The lowest BCUT2D eigenvalue weighted by Gasteiger charge is -1.93. The molecule has 0 bridgehead atoms. The van der Waals surface area contributed by atoms with E-state index in [0.29, 0.717) is 11.5 Å². The number of anilines is 1. The predicted molar refractivity (Wildman–Crippen MR) is 62.8 cm³/mol. The van der Waals surface area contributed by atoms with Crippen LogP contribution in [0.25, 0.3) is 16.9 Å². The van der Waals surface area contributed by atoms with Gasteiger partial charge in [-0.25, -0.2) is 9.97 Å². The van der Waals surface area contributed by atoms with Crippen molar-refractivity contribution in [2.45, 2.75) is 0 Å². The molecule has 0 atom stereocenters. The van der Waals surface area contributed by atoms with E-state index in [1.165, 1.54) is 0 Å². The molecule has 0 saturated heterocycles. The highest BCUT2D eigenvalue weighted by molar-refractivity contribution is 5.68. The van der Waals surface area contributed by atoms with Gasteiger partial charge in [0, 0.05) is 24.2 Å². The average Bonchev–Trinajstić information content (AvgIpc) is 2.76. The van der Waals surface area contributed by atoms with Crippen molar-refractivity contribution in [3.63, 3.8) is 0 Å². The Kier molecular flexibility index (Phi) is 1.86. The average molecular weight is 210 g/mol. The first-order valence-corrected chi connectivity index (χ1v) is 4.99. The molecule has 0 spiro atoms. The first-order valence-electron chi connectivity index (χ1n) is 4.99. The minimum absolute atomic E-state index is 0.449. The third kappa shape index (κ3) is 1.32. The van der Waals surface area contributed by atoms with Gasteiger partial charge in [-0.1, -0.05) is 30.3 Å². The van der Waals surface area contributed by atoms with E-state index in [2.05, 4.69) is 9.97 Å². The van der Waals surface area contributed by atoms with E-state index in [1.54, 1.807) is 6.20 Å². The van der Waals surface area contributed by atoms with E-state index >= 15 is 0 Å². The summed E-state index contributed by atoms with van der Waals surface area (Å²) in [5.74, 6) is 0.449. The normalized spacial score (nSPS) is 10.8. The number of nitrogens with two attached hydrogens (primary N) is 1. The van der Waals surface area contributed by atoms with Gasteiger partial charge in [0.2, 0.25) is 0 Å². The molecule has 0 aliphatic heterocycles. The molecule has 0 radical (unpaired) electrons. The van der Waals surface area contributed by atoms with Crippen molar-refractivity contribution in [2.75, 3.05) is 5.73 Å². The number of hydrogen-bond acceptors (Lipinski definition) is 3. The Balaban J connectivity index is 2.23. The van der Waals surface area contributed by atoms with Crippen LogP contribution in [0.1, 0.15) is 0 Å². The highest BCUT2D eigenvalue weighted by Gasteiger charge is 2.05. The molecular formula is C12H10N4. The minimum atomic E-state index is 0.449. The largest absolute Gasteiger partial charge is 0.381 e. The highest BCUT2D eigenvalue weighted by Crippen LogP contribution is 2.19. The van der Waals surface area contributed by atoms with Crippen LogP contribution in [0.4, 0.5) is 5.82 Å². The van der Waals surface area contributed by atoms with Crippen LogP contribution in [-0.2, 0) is 0 Å². The molecule has 16 heavy (non-hydrogen) atoms. The maximum Gasteiger partial charge on any atom is 0.180 e. The Hall–Kier alpha value is -2.36. The molecule has 78 valence electrons. The second-order valence-electron chi connectivity index (χ2n) is 3.54. The molecule has 3 rings (SSSR count). The fourth-order valence-electron chi connectivity index (χ4n) is 1.69. The van der Waals surface area contributed by atoms with Crippen LogP contribution in [0.15, 0.2) is 48.9 Å². The van der Waals surface area contributed by atoms with Crippen molar-refractivity contribution in [3.05, 3.63) is 48.9 Å². The Morgan fingerprint density at radius 3 is 2.69 bits per heavy atom. The van der Waals surface area contributed by atoms with Gasteiger partial charge in [0.1, 0.15) is 0 Å². The Morgan fingerprint density at radius 2 is 1.94 bits per heavy atom. The molecule has 0 aliphatic carbocycles. The van der Waals surface area contributed by atoms with Gasteiger partial charge in [-0.3, -0.25) is 0 Å². The molecule has 3 aromatic rings. The maximum absolute atomic E-state index is 5.75. The second-order valence-corrected chi connectivity index (χ2v) is 3.54. The fraction of sp³-hybridized carbons (Fsp3) is 0. The number of imidazole rings is 1. The molecule has 0 saturated carbocycles. The number of fused-ring (bicyclic) bond motifs is 1. The monoisotopic (exact) mass is 210 g/mol. The molecule has 2 N–H and O–H groups in total. The summed E-state index contributed by atoms with van der Waals surface area (Å²) < 4.78 is 1.88. The third-order valence-electron chi connectivity index (χ3n) is 2.47. The Labute approximate surface area is 92.4 Å². The van der Waals surface area contributed by atoms with E-state index in [4.69, 9.17) is 5.73 Å². The van der Waals surface area contributed by atoms with Crippen molar-refractivity contribution < 1.29 is 0 Å². The van der Waals surface area contributed by atoms with Crippen molar-refractivity contribution in [1.29, 1.82) is 0 Å². The minimum Gasteiger partial charge on any atom is -0.381 e. The Morgan fingerprint density at radius 1 is 1.12 bits per heavy atom. The summed E-state index contributed by atoms with van der Waals surface area (Å²) in [6.45, 7) is 0. The van der Waals surface area contributed by atoms with E-state index in [9.17, 15) is 0 Å². The summed E-state index contributed by atoms with van der Waals surface area (Å²) in [7, 11) is 0. The van der Waals surface area contributed by atoms with Gasteiger partial charge in [0.15, 0.2) is 11.5 Å². The molecule has 0 amide bonds. The molecule has 2 aromatic heterocycles. The molecule has 0 fully saturated rings. The number of aromatic nitrogens is 3. The lowest BCUT2D eigenvalue weighted by molar-refractivity contribution is 1.13. The highest BCUT2D eigenvalue weighted by atomic mass is 15.1. The number of benzene rings is 1. The molecule has 0 unspecified atom stereocenters. The van der Waals surface area contributed by atoms with Crippen molar-refractivity contribution >= 4 is 11.5 Å². The molecule has 4 heteroatoms. The summed E-state index contributed by atoms with van der Waals surface area (Å²) in [5, 5.41) is 0. The Bertz CT molecular complexity index is 628. The van der Waals surface area contributed by atoms with Gasteiger partial charge in [-0.15, -0.1) is 0 Å². The standard InChI is InChI=1S/C12H10N4/c13-11-12-15-10(8-16(12)7-6-14-11)9-4-2-1-3-5-9/h1-8H,(H2,13,14). The van der Waals surface area contributed by atoms with Crippen LogP contribution in [0.5, 0.6) is 0 Å². The van der Waals surface area contributed by atoms with E-state index in [0.717, 1.165) is 11.3 Å². The summed E-state index contributed by atoms with van der Waals surface area (Å²) >= 11 is 0. The fourth-order valence-corrected chi connectivity index (χ4v) is 1.69. The first-order chi connectivity index (χ1) is 7.84. The third-order valence-corrected chi connectivity index (χ3v) is 2.47. The van der Waals surface area contributed by atoms with Gasteiger partial charge in [-0.05, 0) is 0 Å². The number of nitrogen functional groups attached to an aromatic ring is 1. The van der Waals surface area contributed by atoms with Crippen LogP contribution in [0, 0.1) is 0 Å². The topological polar surface area (TPSA) is 56.2 Å². The van der Waals surface area contributed by atoms with Crippen LogP contribution in [0.2, 0.25) is 0 Å². The van der Waals surface area contributed by atoms with Crippen LogP contribution < -0.4 is 5.73 Å². The smallest absolute Gasteiger partial charge is 0.180 e. The van der Waals surface area contributed by atoms with Gasteiger partial charge in [-0.2, -0.15) is 0 Å². The van der Waals surface area contributed by atoms with Gasteiger partial charge >= 0.3 is 0 Å². The van der Waals surface area contributed by atoms with Crippen LogP contribution >= 0.6 is 0 Å². The van der Waals surface area contributed by atoms with Crippen molar-refractivity contribution in [2.24, 2.45) is 0 Å². The second kappa shape index (κ2) is 3.34. The zero-order valence-corrected chi connectivity index (χ0v) is 8.54. The number of hydrogen-bond donors (Lipinski definition) is 1. The summed E-state index contributed by atoms with van der Waals surface area (Å²) in [4.78, 5) is 8.47. The van der Waals surface area contributed by atoms with Gasteiger partial charge in [0.25, 0.3) is 0 Å². The lowest BCUT2D eigenvalue weighted by Crippen LogP contribution is -1.94. The van der Waals surface area contributed by atoms with Crippen molar-refractivity contribution in [3.8, 4) is 11.3 Å². The SMILES string of the molecule is Nc1nccn2cc(-c3ccccc3)nc12. The lowest BCUT2D eigenvalue weighted by atomic mass is 10.2. The van der Waals surface area contributed by atoms with E-state index in [-0.39, 0.29) is 0 Å². The molecular weight excluding hydrogens is 200 g/mol. The zero-order valence-electron chi connectivity index (χ0n) is 8.54. The van der Waals surface area contributed by atoms with E-state index < -0.39 is 0 Å². The summed E-state index contributed by atoms with van der Waals surface area (Å²) in [6, 6.07) is 9.99. The summed E-state index contributed by atoms with van der Waals surface area (Å²) in [5.41, 5.74) is 8.43. The van der Waals surface area contributed by atoms with Crippen molar-refractivity contribution in [1.82, 2.24) is 14.4 Å². The maximum atomic E-state index is 5.75. The van der Waals surface area contributed by atoms with Gasteiger partial charge < -0.3 is 10.1 Å². The van der Waals surface area contributed by atoms with Gasteiger partial charge in [0.05, 0.1) is 5.69 Å². The van der Waals surface area contributed by atoms with Crippen LogP contribution in [0.3, 0.4) is 0 Å². The molecule has 2 heterocycles. The quantitative estimate of drug-likeness (QED) is 0.668. The molecule has 1 aromatic carbocycles. The summed E-state index contributed by atoms with van der Waals surface area (Å²) in [6.07, 6.45) is 5.45.